The fourth-order valence-corrected chi connectivity index (χ4v) is 2.00. The molecule has 2 rings (SSSR count). The zero-order valence-corrected chi connectivity index (χ0v) is 10.4. The molecule has 3 nitrogen and oxygen atoms in total. The lowest BCUT2D eigenvalue weighted by molar-refractivity contribution is 0.487. The van der Waals surface area contributed by atoms with E-state index in [0.717, 1.165) is 25.0 Å². The molecule has 1 aromatic heterocycles. The molecule has 1 heterocycles. The largest absolute Gasteiger partial charge is 0.271 e. The van der Waals surface area contributed by atoms with Crippen LogP contribution >= 0.6 is 0 Å². The van der Waals surface area contributed by atoms with Crippen molar-refractivity contribution in [3.05, 3.63) is 66.0 Å². The van der Waals surface area contributed by atoms with Crippen LogP contribution in [0.15, 0.2) is 54.7 Å². The highest BCUT2D eigenvalue weighted by Crippen LogP contribution is 2.08. The van der Waals surface area contributed by atoms with E-state index in [9.17, 15) is 0 Å². The van der Waals surface area contributed by atoms with Gasteiger partial charge in [0, 0.05) is 24.4 Å². The second-order valence-electron chi connectivity index (χ2n) is 4.41. The first-order valence-corrected chi connectivity index (χ1v) is 6.28. The average molecular weight is 241 g/mol. The van der Waals surface area contributed by atoms with E-state index in [1.165, 1.54) is 5.56 Å². The molecule has 94 valence electrons. The van der Waals surface area contributed by atoms with Gasteiger partial charge in [-0.3, -0.25) is 16.3 Å². The van der Waals surface area contributed by atoms with Crippen molar-refractivity contribution in [2.75, 3.05) is 0 Å². The van der Waals surface area contributed by atoms with Gasteiger partial charge in [0.2, 0.25) is 0 Å². The molecule has 0 aliphatic rings. The van der Waals surface area contributed by atoms with Crippen LogP contribution in [-0.4, -0.2) is 11.0 Å². The van der Waals surface area contributed by atoms with Gasteiger partial charge in [0.05, 0.1) is 0 Å². The maximum atomic E-state index is 5.61. The summed E-state index contributed by atoms with van der Waals surface area (Å²) in [5.74, 6) is 5.61. The number of aromatic nitrogens is 1. The Bertz CT molecular complexity index is 442. The lowest BCUT2D eigenvalue weighted by atomic mass is 10.0. The number of nitrogens with two attached hydrogens (primary N) is 1. The van der Waals surface area contributed by atoms with Gasteiger partial charge < -0.3 is 0 Å². The van der Waals surface area contributed by atoms with Crippen molar-refractivity contribution in [3.8, 4) is 0 Å². The van der Waals surface area contributed by atoms with Crippen molar-refractivity contribution in [2.24, 2.45) is 5.84 Å². The minimum Gasteiger partial charge on any atom is -0.271 e. The Morgan fingerprint density at radius 2 is 1.83 bits per heavy atom. The molecule has 0 bridgehead atoms. The van der Waals surface area contributed by atoms with E-state index in [4.69, 9.17) is 5.84 Å². The predicted molar refractivity (Wildman–Crippen MR) is 73.8 cm³/mol. The van der Waals surface area contributed by atoms with E-state index in [-0.39, 0.29) is 6.04 Å². The van der Waals surface area contributed by atoms with Crippen molar-refractivity contribution in [3.63, 3.8) is 0 Å². The maximum absolute atomic E-state index is 5.61. The summed E-state index contributed by atoms with van der Waals surface area (Å²) in [6, 6.07) is 16.7. The van der Waals surface area contributed by atoms with Crippen LogP contribution in [-0.2, 0) is 12.8 Å². The van der Waals surface area contributed by atoms with E-state index in [1.807, 2.05) is 30.5 Å². The third kappa shape index (κ3) is 3.95. The Kier molecular flexibility index (Phi) is 4.88. The molecule has 0 saturated heterocycles. The summed E-state index contributed by atoms with van der Waals surface area (Å²) < 4.78 is 0. The molecule has 0 spiro atoms. The van der Waals surface area contributed by atoms with Gasteiger partial charge in [0.1, 0.15) is 0 Å². The van der Waals surface area contributed by atoms with Crippen molar-refractivity contribution >= 4 is 0 Å². The van der Waals surface area contributed by atoms with Crippen LogP contribution in [0.25, 0.3) is 0 Å². The van der Waals surface area contributed by atoms with E-state index in [2.05, 4.69) is 34.7 Å². The number of pyridine rings is 1. The summed E-state index contributed by atoms with van der Waals surface area (Å²) in [6.45, 7) is 0. The molecule has 3 N–H and O–H groups in total. The summed E-state index contributed by atoms with van der Waals surface area (Å²) in [5.41, 5.74) is 5.30. The summed E-state index contributed by atoms with van der Waals surface area (Å²) in [7, 11) is 0. The molecule has 0 fully saturated rings. The second kappa shape index (κ2) is 6.89. The highest BCUT2D eigenvalue weighted by atomic mass is 15.2. The molecule has 2 aromatic rings. The first-order valence-electron chi connectivity index (χ1n) is 6.28. The Balaban J connectivity index is 1.86. The van der Waals surface area contributed by atoms with Crippen molar-refractivity contribution in [1.29, 1.82) is 0 Å². The number of hydrazine groups is 1. The molecule has 0 aliphatic heterocycles. The zero-order valence-electron chi connectivity index (χ0n) is 10.4. The van der Waals surface area contributed by atoms with Crippen LogP contribution < -0.4 is 11.3 Å². The summed E-state index contributed by atoms with van der Waals surface area (Å²) in [5, 5.41) is 0. The molecule has 0 saturated carbocycles. The van der Waals surface area contributed by atoms with Gasteiger partial charge in [-0.1, -0.05) is 36.4 Å². The third-order valence-electron chi connectivity index (χ3n) is 3.04. The van der Waals surface area contributed by atoms with Crippen molar-refractivity contribution in [2.45, 2.75) is 25.3 Å². The molecule has 1 unspecified atom stereocenters. The molecule has 1 aromatic carbocycles. The van der Waals surface area contributed by atoms with Gasteiger partial charge in [-0.15, -0.1) is 0 Å². The first kappa shape index (κ1) is 12.7. The minimum atomic E-state index is 0.264. The van der Waals surface area contributed by atoms with Crippen LogP contribution in [0.4, 0.5) is 0 Å². The van der Waals surface area contributed by atoms with E-state index < -0.39 is 0 Å². The van der Waals surface area contributed by atoms with Crippen molar-refractivity contribution < 1.29 is 0 Å². The minimum absolute atomic E-state index is 0.264. The topological polar surface area (TPSA) is 50.9 Å². The van der Waals surface area contributed by atoms with E-state index in [1.54, 1.807) is 0 Å². The summed E-state index contributed by atoms with van der Waals surface area (Å²) >= 11 is 0. The molecule has 1 atom stereocenters. The number of rotatable bonds is 6. The highest BCUT2D eigenvalue weighted by Gasteiger charge is 2.08. The van der Waals surface area contributed by atoms with Crippen LogP contribution in [0.5, 0.6) is 0 Å². The zero-order chi connectivity index (χ0) is 12.6. The molecule has 0 radical (unpaired) electrons. The van der Waals surface area contributed by atoms with Crippen LogP contribution in [0.2, 0.25) is 0 Å². The Labute approximate surface area is 108 Å². The first-order chi connectivity index (χ1) is 8.88. The average Bonchev–Trinajstić information content (AvgIpc) is 2.45. The smallest absolute Gasteiger partial charge is 0.0419 e. The Hall–Kier alpha value is -1.71. The third-order valence-corrected chi connectivity index (χ3v) is 3.04. The quantitative estimate of drug-likeness (QED) is 0.601. The molecule has 0 amide bonds. The van der Waals surface area contributed by atoms with Crippen LogP contribution in [0, 0.1) is 0 Å². The van der Waals surface area contributed by atoms with E-state index in [0.29, 0.717) is 0 Å². The highest BCUT2D eigenvalue weighted by molar-refractivity contribution is 5.15. The van der Waals surface area contributed by atoms with E-state index >= 15 is 0 Å². The number of nitrogens with zero attached hydrogens (tertiary/aromatic N) is 1. The van der Waals surface area contributed by atoms with Gasteiger partial charge in [-0.05, 0) is 30.5 Å². The molecule has 0 aliphatic carbocycles. The maximum Gasteiger partial charge on any atom is 0.0419 e. The monoisotopic (exact) mass is 241 g/mol. The predicted octanol–water partition coefficient (Wildman–Crippen LogP) is 2.09. The van der Waals surface area contributed by atoms with Gasteiger partial charge in [-0.2, -0.15) is 0 Å². The summed E-state index contributed by atoms with van der Waals surface area (Å²) in [4.78, 5) is 4.33. The van der Waals surface area contributed by atoms with Gasteiger partial charge >= 0.3 is 0 Å². The number of aryl methyl sites for hydroxylation is 1. The lowest BCUT2D eigenvalue weighted by Gasteiger charge is -2.15. The molecule has 18 heavy (non-hydrogen) atoms. The normalized spacial score (nSPS) is 12.3. The van der Waals surface area contributed by atoms with Crippen molar-refractivity contribution in [1.82, 2.24) is 10.4 Å². The van der Waals surface area contributed by atoms with Crippen LogP contribution in [0.1, 0.15) is 17.7 Å². The fraction of sp³-hybridized carbons (Fsp3) is 0.267. The van der Waals surface area contributed by atoms with Gasteiger partial charge in [-0.25, -0.2) is 0 Å². The Morgan fingerprint density at radius 3 is 2.50 bits per heavy atom. The number of benzene rings is 1. The molecular weight excluding hydrogens is 222 g/mol. The number of hydrogen-bond donors (Lipinski definition) is 2. The summed E-state index contributed by atoms with van der Waals surface area (Å²) in [6.07, 6.45) is 4.73. The SMILES string of the molecule is NNC(CCc1ccccc1)Cc1ccccn1. The van der Waals surface area contributed by atoms with Gasteiger partial charge in [0.25, 0.3) is 0 Å². The fourth-order valence-electron chi connectivity index (χ4n) is 2.00. The molecule has 3 heteroatoms. The molecular formula is C15H19N3. The second-order valence-corrected chi connectivity index (χ2v) is 4.41. The lowest BCUT2D eigenvalue weighted by Crippen LogP contribution is -2.37. The number of nitrogens with one attached hydrogen (secondary N) is 1. The van der Waals surface area contributed by atoms with Gasteiger partial charge in [0.15, 0.2) is 0 Å². The van der Waals surface area contributed by atoms with Crippen LogP contribution in [0.3, 0.4) is 0 Å². The number of hydrogen-bond acceptors (Lipinski definition) is 3. The Morgan fingerprint density at radius 1 is 1.06 bits per heavy atom. The standard InChI is InChI=1S/C15H19N3/c16-18-15(12-14-8-4-5-11-17-14)10-9-13-6-2-1-3-7-13/h1-8,11,15,18H,9-10,12,16H2.